The van der Waals surface area contributed by atoms with Crippen molar-refractivity contribution in [3.05, 3.63) is 23.8 Å². The lowest BCUT2D eigenvalue weighted by Gasteiger charge is -2.14. The molecule has 2 rings (SSSR count). The van der Waals surface area contributed by atoms with Gasteiger partial charge in [0.1, 0.15) is 11.5 Å². The van der Waals surface area contributed by atoms with E-state index < -0.39 is 0 Å². The molecule has 1 fully saturated rings. The maximum atomic E-state index is 12.1. The average Bonchev–Trinajstić information content (AvgIpc) is 2.90. The molecule has 1 amide bonds. The fourth-order valence-corrected chi connectivity index (χ4v) is 2.03. The van der Waals surface area contributed by atoms with Gasteiger partial charge in [-0.25, -0.2) is 0 Å². The van der Waals surface area contributed by atoms with E-state index in [1.807, 2.05) is 0 Å². The van der Waals surface area contributed by atoms with Crippen molar-refractivity contribution >= 4 is 5.91 Å². The molecule has 0 bridgehead atoms. The Morgan fingerprint density at radius 2 is 2.22 bits per heavy atom. The predicted molar refractivity (Wildman–Crippen MR) is 68.3 cm³/mol. The van der Waals surface area contributed by atoms with Crippen LogP contribution in [-0.4, -0.2) is 39.3 Å². The molecule has 5 nitrogen and oxygen atoms in total. The quantitative estimate of drug-likeness (QED) is 0.829. The summed E-state index contributed by atoms with van der Waals surface area (Å²) in [6.07, 6.45) is 0.963. The summed E-state index contributed by atoms with van der Waals surface area (Å²) >= 11 is 0. The molecule has 1 aliphatic rings. The van der Waals surface area contributed by atoms with Crippen LogP contribution in [0.25, 0.3) is 0 Å². The van der Waals surface area contributed by atoms with Gasteiger partial charge < -0.3 is 20.1 Å². The van der Waals surface area contributed by atoms with Crippen molar-refractivity contribution in [1.29, 1.82) is 0 Å². The first kappa shape index (κ1) is 12.7. The van der Waals surface area contributed by atoms with Crippen LogP contribution in [0.4, 0.5) is 0 Å². The lowest BCUT2D eigenvalue weighted by atomic mass is 10.1. The Morgan fingerprint density at radius 3 is 2.83 bits per heavy atom. The standard InChI is InChI=1S/C13H18N2O3/c1-17-10-3-4-11(12(7-10)18-2)13(16)15-9-5-6-14-8-9/h3-4,7,9,14H,5-6,8H2,1-2H3,(H,15,16). The molecule has 1 unspecified atom stereocenters. The maximum absolute atomic E-state index is 12.1. The van der Waals surface area contributed by atoms with Crippen molar-refractivity contribution in [2.75, 3.05) is 27.3 Å². The Morgan fingerprint density at radius 1 is 1.39 bits per heavy atom. The van der Waals surface area contributed by atoms with E-state index in [4.69, 9.17) is 9.47 Å². The van der Waals surface area contributed by atoms with E-state index in [1.165, 1.54) is 0 Å². The minimum Gasteiger partial charge on any atom is -0.497 e. The summed E-state index contributed by atoms with van der Waals surface area (Å²) in [4.78, 5) is 12.1. The molecule has 0 radical (unpaired) electrons. The topological polar surface area (TPSA) is 59.6 Å². The monoisotopic (exact) mass is 250 g/mol. The smallest absolute Gasteiger partial charge is 0.255 e. The van der Waals surface area contributed by atoms with Crippen molar-refractivity contribution in [3.63, 3.8) is 0 Å². The van der Waals surface area contributed by atoms with Crippen molar-refractivity contribution in [2.24, 2.45) is 0 Å². The number of ether oxygens (including phenoxy) is 2. The van der Waals surface area contributed by atoms with E-state index in [9.17, 15) is 4.79 Å². The molecule has 1 atom stereocenters. The van der Waals surface area contributed by atoms with Gasteiger partial charge in [-0.3, -0.25) is 4.79 Å². The second-order valence-electron chi connectivity index (χ2n) is 4.23. The molecule has 5 heteroatoms. The van der Waals surface area contributed by atoms with Crippen LogP contribution in [0.2, 0.25) is 0 Å². The van der Waals surface area contributed by atoms with Gasteiger partial charge in [0, 0.05) is 18.7 Å². The zero-order chi connectivity index (χ0) is 13.0. The molecular formula is C13H18N2O3. The Hall–Kier alpha value is -1.75. The molecule has 1 aromatic rings. The molecule has 1 heterocycles. The van der Waals surface area contributed by atoms with Crippen LogP contribution in [0.15, 0.2) is 18.2 Å². The Balaban J connectivity index is 2.13. The number of carbonyl (C=O) groups excluding carboxylic acids is 1. The third-order valence-electron chi connectivity index (χ3n) is 3.05. The predicted octanol–water partition coefficient (Wildman–Crippen LogP) is 0.795. The van der Waals surface area contributed by atoms with Gasteiger partial charge >= 0.3 is 0 Å². The van der Waals surface area contributed by atoms with E-state index in [1.54, 1.807) is 32.4 Å². The first-order chi connectivity index (χ1) is 8.74. The number of methoxy groups -OCH3 is 2. The van der Waals surface area contributed by atoms with E-state index >= 15 is 0 Å². The number of benzene rings is 1. The number of nitrogens with one attached hydrogen (secondary N) is 2. The van der Waals surface area contributed by atoms with Gasteiger partial charge in [-0.05, 0) is 25.1 Å². The summed E-state index contributed by atoms with van der Waals surface area (Å²) in [5, 5.41) is 6.20. The van der Waals surface area contributed by atoms with Gasteiger partial charge in [-0.1, -0.05) is 0 Å². The highest BCUT2D eigenvalue weighted by molar-refractivity contribution is 5.97. The Kier molecular flexibility index (Phi) is 4.04. The summed E-state index contributed by atoms with van der Waals surface area (Å²) < 4.78 is 10.3. The zero-order valence-corrected chi connectivity index (χ0v) is 10.7. The first-order valence-electron chi connectivity index (χ1n) is 5.98. The summed E-state index contributed by atoms with van der Waals surface area (Å²) in [7, 11) is 3.13. The fraction of sp³-hybridized carbons (Fsp3) is 0.462. The van der Waals surface area contributed by atoms with Gasteiger partial charge in [-0.2, -0.15) is 0 Å². The fourth-order valence-electron chi connectivity index (χ4n) is 2.03. The molecule has 0 aromatic heterocycles. The van der Waals surface area contributed by atoms with Gasteiger partial charge in [0.25, 0.3) is 5.91 Å². The number of amides is 1. The van der Waals surface area contributed by atoms with E-state index in [-0.39, 0.29) is 11.9 Å². The second kappa shape index (κ2) is 5.73. The number of hydrogen-bond acceptors (Lipinski definition) is 4. The van der Waals surface area contributed by atoms with Crippen molar-refractivity contribution in [3.8, 4) is 11.5 Å². The van der Waals surface area contributed by atoms with Gasteiger partial charge in [0.15, 0.2) is 0 Å². The SMILES string of the molecule is COc1ccc(C(=O)NC2CCNC2)c(OC)c1. The first-order valence-corrected chi connectivity index (χ1v) is 5.98. The largest absolute Gasteiger partial charge is 0.497 e. The summed E-state index contributed by atoms with van der Waals surface area (Å²) in [6, 6.07) is 5.38. The Labute approximate surface area is 106 Å². The summed E-state index contributed by atoms with van der Waals surface area (Å²) in [5.41, 5.74) is 0.533. The van der Waals surface area contributed by atoms with Crippen molar-refractivity contribution < 1.29 is 14.3 Å². The molecule has 18 heavy (non-hydrogen) atoms. The molecule has 0 saturated carbocycles. The van der Waals surface area contributed by atoms with Gasteiger partial charge in [0.05, 0.1) is 19.8 Å². The maximum Gasteiger partial charge on any atom is 0.255 e. The molecule has 98 valence electrons. The lowest BCUT2D eigenvalue weighted by Crippen LogP contribution is -2.36. The Bertz CT molecular complexity index is 428. The molecular weight excluding hydrogens is 232 g/mol. The van der Waals surface area contributed by atoms with Crippen LogP contribution < -0.4 is 20.1 Å². The van der Waals surface area contributed by atoms with Crippen LogP contribution in [0.3, 0.4) is 0 Å². The van der Waals surface area contributed by atoms with E-state index in [0.717, 1.165) is 19.5 Å². The van der Waals surface area contributed by atoms with Crippen LogP contribution in [-0.2, 0) is 0 Å². The zero-order valence-electron chi connectivity index (χ0n) is 10.7. The molecule has 0 spiro atoms. The summed E-state index contributed by atoms with van der Waals surface area (Å²) in [6.45, 7) is 1.77. The number of rotatable bonds is 4. The van der Waals surface area contributed by atoms with E-state index in [2.05, 4.69) is 10.6 Å². The average molecular weight is 250 g/mol. The molecule has 1 saturated heterocycles. The number of hydrogen-bond donors (Lipinski definition) is 2. The second-order valence-corrected chi connectivity index (χ2v) is 4.23. The molecule has 2 N–H and O–H groups in total. The highest BCUT2D eigenvalue weighted by Gasteiger charge is 2.20. The van der Waals surface area contributed by atoms with Crippen molar-refractivity contribution in [2.45, 2.75) is 12.5 Å². The van der Waals surface area contributed by atoms with Crippen LogP contribution in [0, 0.1) is 0 Å². The third kappa shape index (κ3) is 2.73. The van der Waals surface area contributed by atoms with E-state index in [0.29, 0.717) is 17.1 Å². The normalized spacial score (nSPS) is 18.4. The van der Waals surface area contributed by atoms with Gasteiger partial charge in [0.2, 0.25) is 0 Å². The molecule has 0 aliphatic carbocycles. The van der Waals surface area contributed by atoms with Crippen molar-refractivity contribution in [1.82, 2.24) is 10.6 Å². The molecule has 1 aromatic carbocycles. The molecule has 1 aliphatic heterocycles. The minimum absolute atomic E-state index is 0.108. The van der Waals surface area contributed by atoms with Crippen LogP contribution >= 0.6 is 0 Å². The summed E-state index contributed by atoms with van der Waals surface area (Å²) in [5.74, 6) is 1.09. The number of carbonyl (C=O) groups is 1. The lowest BCUT2D eigenvalue weighted by molar-refractivity contribution is 0.0937. The van der Waals surface area contributed by atoms with Crippen LogP contribution in [0.1, 0.15) is 16.8 Å². The minimum atomic E-state index is -0.108. The highest BCUT2D eigenvalue weighted by Crippen LogP contribution is 2.24. The van der Waals surface area contributed by atoms with Gasteiger partial charge in [-0.15, -0.1) is 0 Å². The third-order valence-corrected chi connectivity index (χ3v) is 3.05. The highest BCUT2D eigenvalue weighted by atomic mass is 16.5. The van der Waals surface area contributed by atoms with Crippen LogP contribution in [0.5, 0.6) is 11.5 Å².